The van der Waals surface area contributed by atoms with Crippen molar-refractivity contribution < 1.29 is 9.21 Å². The van der Waals surface area contributed by atoms with Gasteiger partial charge in [-0.15, -0.1) is 0 Å². The van der Waals surface area contributed by atoms with Gasteiger partial charge in [-0.05, 0) is 18.6 Å². The lowest BCUT2D eigenvalue weighted by Crippen LogP contribution is -2.27. The van der Waals surface area contributed by atoms with Crippen LogP contribution in [0, 0.1) is 0 Å². The Balaban J connectivity index is 1.77. The van der Waals surface area contributed by atoms with E-state index in [1.165, 1.54) is 6.26 Å². The molecule has 0 aliphatic rings. The van der Waals surface area contributed by atoms with Gasteiger partial charge in [-0.3, -0.25) is 4.79 Å². The Kier molecular flexibility index (Phi) is 6.33. The monoisotopic (exact) mass is 388 g/mol. The van der Waals surface area contributed by atoms with Crippen molar-refractivity contribution in [3.63, 3.8) is 0 Å². The van der Waals surface area contributed by atoms with Crippen LogP contribution < -0.4 is 10.6 Å². The molecule has 1 amide bonds. The highest BCUT2D eigenvalue weighted by Gasteiger charge is 2.14. The minimum Gasteiger partial charge on any atom is -0.459 e. The number of carbonyl (C=O) groups excluding carboxylic acids is 1. The molecule has 0 fully saturated rings. The maximum atomic E-state index is 12.0. The summed E-state index contributed by atoms with van der Waals surface area (Å²) in [6, 6.07) is 3.32. The summed E-state index contributed by atoms with van der Waals surface area (Å²) in [4.78, 5) is 21.3. The number of thioether (sulfide) groups is 1. The molecule has 0 aliphatic carbocycles. The van der Waals surface area contributed by atoms with Crippen LogP contribution >= 0.6 is 11.8 Å². The Hall–Kier alpha value is -2.55. The summed E-state index contributed by atoms with van der Waals surface area (Å²) in [5.41, 5.74) is 0.763. The van der Waals surface area contributed by atoms with E-state index in [1.807, 2.05) is 0 Å². The number of carbonyl (C=O) groups is 1. The minimum absolute atomic E-state index is 0.243. The Morgan fingerprint density at radius 3 is 2.89 bits per heavy atom. The maximum Gasteiger partial charge on any atom is 0.287 e. The van der Waals surface area contributed by atoms with E-state index in [2.05, 4.69) is 46.5 Å². The summed E-state index contributed by atoms with van der Waals surface area (Å²) in [7, 11) is 0. The molecule has 0 saturated heterocycles. The van der Waals surface area contributed by atoms with Crippen molar-refractivity contribution in [1.29, 1.82) is 0 Å². The first-order valence-corrected chi connectivity index (χ1v) is 9.92. The Labute approximate surface area is 162 Å². The topological polar surface area (TPSA) is 97.9 Å². The second-order valence-corrected chi connectivity index (χ2v) is 7.83. The molecule has 2 N–H and O–H groups in total. The molecule has 0 spiro atoms. The van der Waals surface area contributed by atoms with Gasteiger partial charge in [0.2, 0.25) is 0 Å². The molecule has 0 radical (unpaired) electrons. The van der Waals surface area contributed by atoms with Crippen LogP contribution in [0.5, 0.6) is 0 Å². The molecule has 9 heteroatoms. The Morgan fingerprint density at radius 2 is 2.19 bits per heavy atom. The van der Waals surface area contributed by atoms with Crippen LogP contribution in [0.25, 0.3) is 11.0 Å². The Bertz CT molecular complexity index is 891. The molecule has 0 aliphatic heterocycles. The van der Waals surface area contributed by atoms with E-state index in [-0.39, 0.29) is 5.91 Å². The van der Waals surface area contributed by atoms with Gasteiger partial charge in [0.1, 0.15) is 5.82 Å². The lowest BCUT2D eigenvalue weighted by Gasteiger charge is -2.10. The Morgan fingerprint density at radius 1 is 1.33 bits per heavy atom. The molecule has 8 nitrogen and oxygen atoms in total. The number of hydrogen-bond donors (Lipinski definition) is 2. The molecular formula is C18H24N6O2S. The molecule has 0 saturated carbocycles. The lowest BCUT2D eigenvalue weighted by atomic mass is 10.3. The predicted molar refractivity (Wildman–Crippen MR) is 106 cm³/mol. The molecule has 27 heavy (non-hydrogen) atoms. The molecule has 3 aromatic rings. The maximum absolute atomic E-state index is 12.0. The zero-order valence-corrected chi connectivity index (χ0v) is 16.5. The van der Waals surface area contributed by atoms with E-state index in [0.717, 1.165) is 35.0 Å². The number of amides is 1. The smallest absolute Gasteiger partial charge is 0.287 e. The fourth-order valence-corrected chi connectivity index (χ4v) is 3.22. The highest BCUT2D eigenvalue weighted by atomic mass is 32.2. The van der Waals surface area contributed by atoms with E-state index < -0.39 is 0 Å². The average Bonchev–Trinajstić information content (AvgIpc) is 3.29. The lowest BCUT2D eigenvalue weighted by molar-refractivity contribution is 0.0924. The largest absolute Gasteiger partial charge is 0.459 e. The molecular weight excluding hydrogens is 364 g/mol. The third kappa shape index (κ3) is 4.79. The van der Waals surface area contributed by atoms with Gasteiger partial charge in [0, 0.05) is 18.3 Å². The standard InChI is InChI=1S/C18H24N6O2S/c1-4-7-19-15-13-11-21-24(16(13)23-18(22-15)27-12(2)3)9-8-20-17(25)14-6-5-10-26-14/h5-6,10-12H,4,7-9H2,1-3H3,(H,20,25)(H,19,22,23). The highest BCUT2D eigenvalue weighted by molar-refractivity contribution is 7.99. The first kappa shape index (κ1) is 19.2. The molecule has 0 bridgehead atoms. The number of fused-ring (bicyclic) bond motifs is 1. The van der Waals surface area contributed by atoms with Crippen LogP contribution in [0.3, 0.4) is 0 Å². The van der Waals surface area contributed by atoms with Crippen molar-refractivity contribution in [2.45, 2.75) is 44.1 Å². The zero-order chi connectivity index (χ0) is 19.2. The first-order chi connectivity index (χ1) is 13.1. The summed E-state index contributed by atoms with van der Waals surface area (Å²) in [5.74, 6) is 0.854. The SMILES string of the molecule is CCCNc1nc(SC(C)C)nc2c1cnn2CCNC(=O)c1ccco1. The fraction of sp³-hybridized carbons (Fsp3) is 0.444. The van der Waals surface area contributed by atoms with Gasteiger partial charge < -0.3 is 15.1 Å². The number of furan rings is 1. The summed E-state index contributed by atoms with van der Waals surface area (Å²) >= 11 is 1.61. The molecule has 3 rings (SSSR count). The summed E-state index contributed by atoms with van der Waals surface area (Å²) in [5, 5.41) is 12.6. The second kappa shape index (κ2) is 8.90. The molecule has 0 aromatic carbocycles. The van der Waals surface area contributed by atoms with Gasteiger partial charge in [0.25, 0.3) is 5.91 Å². The van der Waals surface area contributed by atoms with Crippen molar-refractivity contribution >= 4 is 34.5 Å². The zero-order valence-electron chi connectivity index (χ0n) is 15.7. The van der Waals surface area contributed by atoms with Crippen LogP contribution in [0.4, 0.5) is 5.82 Å². The van der Waals surface area contributed by atoms with Gasteiger partial charge >= 0.3 is 0 Å². The first-order valence-electron chi connectivity index (χ1n) is 9.04. The molecule has 0 atom stereocenters. The van der Waals surface area contributed by atoms with Gasteiger partial charge in [-0.2, -0.15) is 5.10 Å². The summed E-state index contributed by atoms with van der Waals surface area (Å²) < 4.78 is 6.89. The third-order valence-electron chi connectivity index (χ3n) is 3.71. The molecule has 144 valence electrons. The van der Waals surface area contributed by atoms with Crippen LogP contribution in [0.1, 0.15) is 37.7 Å². The predicted octanol–water partition coefficient (Wildman–Crippen LogP) is 3.17. The number of aromatic nitrogens is 4. The van der Waals surface area contributed by atoms with E-state index >= 15 is 0 Å². The average molecular weight is 388 g/mol. The molecule has 3 heterocycles. The van der Waals surface area contributed by atoms with Crippen LogP contribution in [0.15, 0.2) is 34.2 Å². The van der Waals surface area contributed by atoms with Crippen molar-refractivity contribution in [3.05, 3.63) is 30.4 Å². The minimum atomic E-state index is -0.243. The number of nitrogens with zero attached hydrogens (tertiary/aromatic N) is 4. The van der Waals surface area contributed by atoms with Crippen LogP contribution in [-0.4, -0.2) is 44.0 Å². The summed E-state index contributed by atoms with van der Waals surface area (Å²) in [6.07, 6.45) is 4.25. The third-order valence-corrected chi connectivity index (χ3v) is 4.58. The van der Waals surface area contributed by atoms with Crippen molar-refractivity contribution in [3.8, 4) is 0 Å². The van der Waals surface area contributed by atoms with Crippen LogP contribution in [-0.2, 0) is 6.54 Å². The molecule has 0 unspecified atom stereocenters. The number of nitrogens with one attached hydrogen (secondary N) is 2. The number of rotatable bonds is 9. The van der Waals surface area contributed by atoms with Crippen molar-refractivity contribution in [2.75, 3.05) is 18.4 Å². The number of hydrogen-bond acceptors (Lipinski definition) is 7. The summed E-state index contributed by atoms with van der Waals surface area (Å²) in [6.45, 7) is 8.09. The van der Waals surface area contributed by atoms with E-state index in [0.29, 0.717) is 24.1 Å². The van der Waals surface area contributed by atoms with Gasteiger partial charge in [-0.1, -0.05) is 32.5 Å². The van der Waals surface area contributed by atoms with Crippen molar-refractivity contribution in [1.82, 2.24) is 25.1 Å². The van der Waals surface area contributed by atoms with Gasteiger partial charge in [-0.25, -0.2) is 14.6 Å². The quantitative estimate of drug-likeness (QED) is 0.429. The van der Waals surface area contributed by atoms with E-state index in [9.17, 15) is 4.79 Å². The van der Waals surface area contributed by atoms with Crippen molar-refractivity contribution in [2.24, 2.45) is 0 Å². The molecule has 3 aromatic heterocycles. The number of anilines is 1. The van der Waals surface area contributed by atoms with E-state index in [4.69, 9.17) is 4.42 Å². The van der Waals surface area contributed by atoms with Gasteiger partial charge in [0.05, 0.1) is 24.4 Å². The second-order valence-electron chi connectivity index (χ2n) is 6.29. The normalized spacial score (nSPS) is 11.3. The van der Waals surface area contributed by atoms with E-state index in [1.54, 1.807) is 34.8 Å². The highest BCUT2D eigenvalue weighted by Crippen LogP contribution is 2.26. The van der Waals surface area contributed by atoms with Crippen LogP contribution in [0.2, 0.25) is 0 Å². The fourth-order valence-electron chi connectivity index (χ4n) is 2.51. The van der Waals surface area contributed by atoms with Gasteiger partial charge in [0.15, 0.2) is 16.6 Å².